The average molecular weight is 408 g/mol. The van der Waals surface area contributed by atoms with E-state index >= 15 is 0 Å². The van der Waals surface area contributed by atoms with E-state index in [2.05, 4.69) is 0 Å². The summed E-state index contributed by atoms with van der Waals surface area (Å²) in [7, 11) is 1.63. The molecule has 3 aromatic rings. The molecule has 0 spiro atoms. The fraction of sp³-hybridized carbons (Fsp3) is 0.208. The van der Waals surface area contributed by atoms with Crippen molar-refractivity contribution in [3.63, 3.8) is 0 Å². The number of benzene rings is 3. The maximum Gasteiger partial charge on any atom is 0.317 e. The molecule has 0 N–H and O–H groups in total. The molecule has 1 aliphatic rings. The number of methoxy groups -OCH3 is 1. The van der Waals surface area contributed by atoms with E-state index in [0.717, 1.165) is 22.3 Å². The predicted molar refractivity (Wildman–Crippen MR) is 114 cm³/mol. The van der Waals surface area contributed by atoms with Gasteiger partial charge in [0.15, 0.2) is 11.5 Å². The first kappa shape index (κ1) is 19.3. The molecule has 1 heterocycles. The summed E-state index contributed by atoms with van der Waals surface area (Å²) >= 11 is 5.92. The van der Waals surface area contributed by atoms with Crippen LogP contribution in [0.4, 0.5) is 4.79 Å². The molecule has 0 aromatic heterocycles. The number of halogens is 1. The van der Waals surface area contributed by atoms with Gasteiger partial charge in [-0.3, -0.25) is 4.79 Å². The molecule has 5 heteroatoms. The number of carbonyl (C=O) groups excluding carboxylic acids is 1. The van der Waals surface area contributed by atoms with E-state index in [1.165, 1.54) is 0 Å². The topological polar surface area (TPSA) is 38.8 Å². The largest absolute Gasteiger partial charge is 0.493 e. The van der Waals surface area contributed by atoms with Gasteiger partial charge in [-0.15, -0.1) is 0 Å². The van der Waals surface area contributed by atoms with Gasteiger partial charge >= 0.3 is 5.37 Å². The van der Waals surface area contributed by atoms with Crippen LogP contribution in [-0.2, 0) is 13.0 Å². The Morgan fingerprint density at radius 3 is 2.38 bits per heavy atom. The third-order valence-electron chi connectivity index (χ3n) is 5.23. The molecule has 3 aromatic carbocycles. The lowest BCUT2D eigenvalue weighted by Gasteiger charge is -2.36. The third-order valence-corrected chi connectivity index (χ3v) is 5.45. The molecule has 148 valence electrons. The third kappa shape index (κ3) is 4.08. The summed E-state index contributed by atoms with van der Waals surface area (Å²) < 4.78 is 11.7. The standard InChI is InChI=1S/C24H22ClNO3/c1-28-21-15-20-19(14-22(21)29-16-17-8-4-2-5-9-17)12-13-26(24(25)27)23(20)18-10-6-3-7-11-18/h2-11,14-15,23H,12-13,16H2,1H3. The fourth-order valence-corrected chi connectivity index (χ4v) is 4.00. The van der Waals surface area contributed by atoms with Gasteiger partial charge in [-0.25, -0.2) is 0 Å². The maximum absolute atomic E-state index is 12.1. The van der Waals surface area contributed by atoms with Crippen LogP contribution in [0.2, 0.25) is 0 Å². The van der Waals surface area contributed by atoms with Crippen LogP contribution in [-0.4, -0.2) is 23.9 Å². The number of carbonyl (C=O) groups is 1. The number of nitrogens with zero attached hydrogens (tertiary/aromatic N) is 1. The van der Waals surface area contributed by atoms with Crippen molar-refractivity contribution in [1.29, 1.82) is 0 Å². The van der Waals surface area contributed by atoms with E-state index in [1.807, 2.05) is 72.8 Å². The van der Waals surface area contributed by atoms with Crippen LogP contribution in [0.3, 0.4) is 0 Å². The molecule has 4 nitrogen and oxygen atoms in total. The smallest absolute Gasteiger partial charge is 0.317 e. The molecule has 0 saturated heterocycles. The maximum atomic E-state index is 12.1. The van der Waals surface area contributed by atoms with E-state index in [-0.39, 0.29) is 6.04 Å². The van der Waals surface area contributed by atoms with Crippen molar-refractivity contribution in [1.82, 2.24) is 4.90 Å². The van der Waals surface area contributed by atoms with Gasteiger partial charge in [0.25, 0.3) is 0 Å². The number of fused-ring (bicyclic) bond motifs is 1. The highest BCUT2D eigenvalue weighted by atomic mass is 35.5. The van der Waals surface area contributed by atoms with Gasteiger partial charge in [0.1, 0.15) is 6.61 Å². The molecule has 4 rings (SSSR count). The molecule has 0 saturated carbocycles. The summed E-state index contributed by atoms with van der Waals surface area (Å²) in [6.45, 7) is 1.02. The molecular weight excluding hydrogens is 386 g/mol. The highest BCUT2D eigenvalue weighted by Crippen LogP contribution is 2.41. The predicted octanol–water partition coefficient (Wildman–Crippen LogP) is 5.58. The minimum atomic E-state index is -0.451. The highest BCUT2D eigenvalue weighted by molar-refractivity contribution is 6.62. The number of ether oxygens (including phenoxy) is 2. The van der Waals surface area contributed by atoms with Gasteiger partial charge < -0.3 is 14.4 Å². The summed E-state index contributed by atoms with van der Waals surface area (Å²) in [6.07, 6.45) is 0.711. The van der Waals surface area contributed by atoms with Crippen LogP contribution >= 0.6 is 11.6 Å². The monoisotopic (exact) mass is 407 g/mol. The van der Waals surface area contributed by atoms with Gasteiger partial charge in [-0.2, -0.15) is 0 Å². The SMILES string of the molecule is COc1cc2c(cc1OCc1ccccc1)CCN(C(=O)Cl)C2c1ccccc1. The zero-order chi connectivity index (χ0) is 20.2. The van der Waals surface area contributed by atoms with Crippen LogP contribution in [0.1, 0.15) is 28.3 Å². The summed E-state index contributed by atoms with van der Waals surface area (Å²) in [5, 5.41) is -0.451. The summed E-state index contributed by atoms with van der Waals surface area (Å²) in [4.78, 5) is 13.8. The van der Waals surface area contributed by atoms with E-state index in [1.54, 1.807) is 12.0 Å². The number of hydrogen-bond acceptors (Lipinski definition) is 3. The van der Waals surface area contributed by atoms with Gasteiger partial charge in [-0.1, -0.05) is 60.7 Å². The van der Waals surface area contributed by atoms with E-state index in [0.29, 0.717) is 31.1 Å². The minimum absolute atomic E-state index is 0.248. The zero-order valence-electron chi connectivity index (χ0n) is 16.2. The normalized spacial score (nSPS) is 15.5. The van der Waals surface area contributed by atoms with E-state index < -0.39 is 5.37 Å². The van der Waals surface area contributed by atoms with Crippen LogP contribution in [0.25, 0.3) is 0 Å². The summed E-state index contributed by atoms with van der Waals surface area (Å²) in [6, 6.07) is 23.7. The number of rotatable bonds is 5. The summed E-state index contributed by atoms with van der Waals surface area (Å²) in [5.74, 6) is 1.34. The van der Waals surface area contributed by atoms with Gasteiger partial charge in [0, 0.05) is 6.54 Å². The molecule has 1 atom stereocenters. The van der Waals surface area contributed by atoms with Crippen molar-refractivity contribution in [2.24, 2.45) is 0 Å². The molecular formula is C24H22ClNO3. The molecule has 1 unspecified atom stereocenters. The second kappa shape index (κ2) is 8.58. The number of hydrogen-bond donors (Lipinski definition) is 0. The highest BCUT2D eigenvalue weighted by Gasteiger charge is 2.32. The Balaban J connectivity index is 1.71. The lowest BCUT2D eigenvalue weighted by atomic mass is 9.88. The van der Waals surface area contributed by atoms with Crippen molar-refractivity contribution in [2.45, 2.75) is 19.1 Å². The Morgan fingerprint density at radius 2 is 1.72 bits per heavy atom. The molecule has 29 heavy (non-hydrogen) atoms. The van der Waals surface area contributed by atoms with Crippen LogP contribution in [0, 0.1) is 0 Å². The van der Waals surface area contributed by atoms with Crippen molar-refractivity contribution >= 4 is 17.0 Å². The minimum Gasteiger partial charge on any atom is -0.493 e. The zero-order valence-corrected chi connectivity index (χ0v) is 16.9. The summed E-state index contributed by atoms with van der Waals surface area (Å²) in [5.41, 5.74) is 4.26. The fourth-order valence-electron chi connectivity index (χ4n) is 3.82. The molecule has 1 amide bonds. The quantitative estimate of drug-likeness (QED) is 0.409. The van der Waals surface area contributed by atoms with Crippen molar-refractivity contribution in [3.05, 3.63) is 95.1 Å². The second-order valence-electron chi connectivity index (χ2n) is 6.99. The Morgan fingerprint density at radius 1 is 1.03 bits per heavy atom. The first-order valence-electron chi connectivity index (χ1n) is 9.56. The molecule has 0 bridgehead atoms. The Kier molecular flexibility index (Phi) is 5.72. The Labute approximate surface area is 175 Å². The van der Waals surface area contributed by atoms with Crippen LogP contribution < -0.4 is 9.47 Å². The molecule has 1 aliphatic heterocycles. The first-order chi connectivity index (χ1) is 14.2. The van der Waals surface area contributed by atoms with Crippen molar-refractivity contribution < 1.29 is 14.3 Å². The van der Waals surface area contributed by atoms with Gasteiger partial charge in [0.05, 0.1) is 13.2 Å². The first-order valence-corrected chi connectivity index (χ1v) is 9.93. The second-order valence-corrected chi connectivity index (χ2v) is 7.31. The van der Waals surface area contributed by atoms with Gasteiger partial charge in [-0.05, 0) is 52.4 Å². The van der Waals surface area contributed by atoms with E-state index in [9.17, 15) is 4.79 Å². The lowest BCUT2D eigenvalue weighted by molar-refractivity contribution is 0.203. The molecule has 0 radical (unpaired) electrons. The van der Waals surface area contributed by atoms with Crippen LogP contribution in [0.15, 0.2) is 72.8 Å². The number of amides is 1. The average Bonchev–Trinajstić information content (AvgIpc) is 2.77. The molecule has 0 fully saturated rings. The molecule has 0 aliphatic carbocycles. The van der Waals surface area contributed by atoms with E-state index in [4.69, 9.17) is 21.1 Å². The van der Waals surface area contributed by atoms with Crippen molar-refractivity contribution in [3.8, 4) is 11.5 Å². The Bertz CT molecular complexity index is 992. The van der Waals surface area contributed by atoms with Crippen molar-refractivity contribution in [2.75, 3.05) is 13.7 Å². The van der Waals surface area contributed by atoms with Crippen LogP contribution in [0.5, 0.6) is 11.5 Å². The Hall–Kier alpha value is -2.98. The van der Waals surface area contributed by atoms with Gasteiger partial charge in [0.2, 0.25) is 0 Å². The lowest BCUT2D eigenvalue weighted by Crippen LogP contribution is -2.37.